The molecule has 0 amide bonds. The SMILES string of the molecule is COc1ccccc1Oc1ccc(S(=O)(=O)Cl)cc1Br. The maximum absolute atomic E-state index is 11.2. The minimum absolute atomic E-state index is 0.00146. The molecule has 0 aliphatic carbocycles. The van der Waals surface area contributed by atoms with Crippen LogP contribution < -0.4 is 9.47 Å². The summed E-state index contributed by atoms with van der Waals surface area (Å²) in [6.07, 6.45) is 0. The largest absolute Gasteiger partial charge is 0.493 e. The van der Waals surface area contributed by atoms with Gasteiger partial charge in [0.15, 0.2) is 11.5 Å². The number of para-hydroxylation sites is 2. The molecule has 0 aliphatic rings. The van der Waals surface area contributed by atoms with E-state index >= 15 is 0 Å². The third-order valence-electron chi connectivity index (χ3n) is 2.47. The minimum Gasteiger partial charge on any atom is -0.493 e. The van der Waals surface area contributed by atoms with E-state index in [9.17, 15) is 8.42 Å². The van der Waals surface area contributed by atoms with Crippen LogP contribution in [0.1, 0.15) is 0 Å². The summed E-state index contributed by atoms with van der Waals surface area (Å²) in [5.74, 6) is 1.56. The zero-order valence-corrected chi connectivity index (χ0v) is 13.5. The van der Waals surface area contributed by atoms with Gasteiger partial charge in [-0.3, -0.25) is 0 Å². The van der Waals surface area contributed by atoms with E-state index in [2.05, 4.69) is 15.9 Å². The number of benzene rings is 2. The molecule has 4 nitrogen and oxygen atoms in total. The Morgan fingerprint density at radius 2 is 1.70 bits per heavy atom. The van der Waals surface area contributed by atoms with E-state index in [0.29, 0.717) is 21.7 Å². The van der Waals surface area contributed by atoms with Crippen molar-refractivity contribution in [2.24, 2.45) is 0 Å². The second-order valence-corrected chi connectivity index (χ2v) is 7.20. The second kappa shape index (κ2) is 6.03. The van der Waals surface area contributed by atoms with Crippen molar-refractivity contribution in [1.29, 1.82) is 0 Å². The average molecular weight is 378 g/mol. The Balaban J connectivity index is 2.35. The quantitative estimate of drug-likeness (QED) is 0.750. The molecule has 0 spiro atoms. The van der Waals surface area contributed by atoms with Crippen molar-refractivity contribution in [1.82, 2.24) is 0 Å². The van der Waals surface area contributed by atoms with E-state index in [-0.39, 0.29) is 4.90 Å². The first-order valence-electron chi connectivity index (χ1n) is 5.47. The molecule has 0 heterocycles. The van der Waals surface area contributed by atoms with E-state index in [1.807, 2.05) is 12.1 Å². The zero-order valence-electron chi connectivity index (χ0n) is 10.3. The third kappa shape index (κ3) is 3.45. The molecule has 0 aliphatic heterocycles. The Hall–Kier alpha value is -1.24. The number of rotatable bonds is 4. The Morgan fingerprint density at radius 1 is 1.05 bits per heavy atom. The van der Waals surface area contributed by atoms with Crippen LogP contribution in [0.4, 0.5) is 0 Å². The molecule has 0 saturated carbocycles. The van der Waals surface area contributed by atoms with Crippen molar-refractivity contribution in [3.8, 4) is 17.2 Å². The van der Waals surface area contributed by atoms with Gasteiger partial charge in [-0.25, -0.2) is 8.42 Å². The number of ether oxygens (including phenoxy) is 2. The third-order valence-corrected chi connectivity index (χ3v) is 4.45. The van der Waals surface area contributed by atoms with Gasteiger partial charge >= 0.3 is 0 Å². The fraction of sp³-hybridized carbons (Fsp3) is 0.0769. The first kappa shape index (κ1) is 15.2. The van der Waals surface area contributed by atoms with Crippen molar-refractivity contribution >= 4 is 35.7 Å². The van der Waals surface area contributed by atoms with Crippen LogP contribution >= 0.6 is 26.6 Å². The normalized spacial score (nSPS) is 11.2. The van der Waals surface area contributed by atoms with Crippen LogP contribution in [-0.2, 0) is 9.05 Å². The van der Waals surface area contributed by atoms with Gasteiger partial charge in [0.25, 0.3) is 9.05 Å². The highest BCUT2D eigenvalue weighted by Gasteiger charge is 2.14. The van der Waals surface area contributed by atoms with E-state index in [0.717, 1.165) is 0 Å². The summed E-state index contributed by atoms with van der Waals surface area (Å²) in [5.41, 5.74) is 0. The van der Waals surface area contributed by atoms with Crippen molar-refractivity contribution in [2.45, 2.75) is 4.90 Å². The summed E-state index contributed by atoms with van der Waals surface area (Å²) < 4.78 is 33.8. The lowest BCUT2D eigenvalue weighted by atomic mass is 10.3. The molecule has 2 aromatic rings. The summed E-state index contributed by atoms with van der Waals surface area (Å²) in [7, 11) is 3.06. The lowest BCUT2D eigenvalue weighted by Gasteiger charge is -2.11. The Kier molecular flexibility index (Phi) is 4.57. The molecule has 7 heteroatoms. The summed E-state index contributed by atoms with van der Waals surface area (Å²) in [4.78, 5) is -0.00146. The van der Waals surface area contributed by atoms with E-state index in [1.165, 1.54) is 18.2 Å². The highest BCUT2D eigenvalue weighted by Crippen LogP contribution is 2.36. The predicted octanol–water partition coefficient (Wildman–Crippen LogP) is 4.18. The van der Waals surface area contributed by atoms with Crippen LogP contribution in [0, 0.1) is 0 Å². The van der Waals surface area contributed by atoms with Gasteiger partial charge in [0.1, 0.15) is 5.75 Å². The fourth-order valence-corrected chi connectivity index (χ4v) is 2.93. The van der Waals surface area contributed by atoms with Crippen LogP contribution in [0.3, 0.4) is 0 Å². The molecule has 0 N–H and O–H groups in total. The molecular formula is C13H10BrClO4S. The summed E-state index contributed by atoms with van der Waals surface area (Å²) in [5, 5.41) is 0. The molecule has 0 atom stereocenters. The molecule has 2 aromatic carbocycles. The lowest BCUT2D eigenvalue weighted by Crippen LogP contribution is -1.93. The maximum atomic E-state index is 11.2. The van der Waals surface area contributed by atoms with E-state index < -0.39 is 9.05 Å². The number of halogens is 2. The smallest absolute Gasteiger partial charge is 0.261 e. The number of methoxy groups -OCH3 is 1. The molecule has 2 rings (SSSR count). The topological polar surface area (TPSA) is 52.6 Å². The van der Waals surface area contributed by atoms with Crippen LogP contribution in [0.15, 0.2) is 51.8 Å². The average Bonchev–Trinajstić information content (AvgIpc) is 2.40. The van der Waals surface area contributed by atoms with Gasteiger partial charge in [-0.05, 0) is 46.3 Å². The van der Waals surface area contributed by atoms with Gasteiger partial charge in [-0.15, -0.1) is 0 Å². The highest BCUT2D eigenvalue weighted by molar-refractivity contribution is 9.10. The first-order chi connectivity index (χ1) is 9.41. The van der Waals surface area contributed by atoms with Crippen molar-refractivity contribution in [2.75, 3.05) is 7.11 Å². The highest BCUT2D eigenvalue weighted by atomic mass is 79.9. The van der Waals surface area contributed by atoms with Gasteiger partial charge in [0.2, 0.25) is 0 Å². The molecule has 0 saturated heterocycles. The van der Waals surface area contributed by atoms with Crippen LogP contribution in [0.5, 0.6) is 17.2 Å². The lowest BCUT2D eigenvalue weighted by molar-refractivity contribution is 0.378. The van der Waals surface area contributed by atoms with Gasteiger partial charge < -0.3 is 9.47 Å². The molecule has 0 radical (unpaired) electrons. The molecule has 0 bridgehead atoms. The zero-order chi connectivity index (χ0) is 14.8. The first-order valence-corrected chi connectivity index (χ1v) is 8.57. The molecule has 0 aromatic heterocycles. The fourth-order valence-electron chi connectivity index (χ4n) is 1.54. The predicted molar refractivity (Wildman–Crippen MR) is 80.2 cm³/mol. The minimum atomic E-state index is -3.77. The monoisotopic (exact) mass is 376 g/mol. The maximum Gasteiger partial charge on any atom is 0.261 e. The molecular weight excluding hydrogens is 368 g/mol. The molecule has 106 valence electrons. The molecule has 0 fully saturated rings. The standard InChI is InChI=1S/C13H10BrClO4S/c1-18-12-4-2-3-5-13(12)19-11-7-6-9(8-10(11)14)20(15,16)17/h2-8H,1H3. The summed E-state index contributed by atoms with van der Waals surface area (Å²) in [6, 6.07) is 11.4. The van der Waals surface area contributed by atoms with Gasteiger partial charge in [-0.2, -0.15) is 0 Å². The van der Waals surface area contributed by atoms with Gasteiger partial charge in [0, 0.05) is 10.7 Å². The Labute approximate surface area is 129 Å². The van der Waals surface area contributed by atoms with Crippen LogP contribution in [0.2, 0.25) is 0 Å². The summed E-state index contributed by atoms with van der Waals surface area (Å²) >= 11 is 3.25. The van der Waals surface area contributed by atoms with Crippen LogP contribution in [0.25, 0.3) is 0 Å². The summed E-state index contributed by atoms with van der Waals surface area (Å²) in [6.45, 7) is 0. The van der Waals surface area contributed by atoms with Crippen LogP contribution in [-0.4, -0.2) is 15.5 Å². The van der Waals surface area contributed by atoms with Gasteiger partial charge in [-0.1, -0.05) is 12.1 Å². The Bertz CT molecular complexity index is 731. The van der Waals surface area contributed by atoms with Crippen molar-refractivity contribution < 1.29 is 17.9 Å². The van der Waals surface area contributed by atoms with Crippen molar-refractivity contribution in [3.05, 3.63) is 46.9 Å². The number of hydrogen-bond acceptors (Lipinski definition) is 4. The van der Waals surface area contributed by atoms with Crippen molar-refractivity contribution in [3.63, 3.8) is 0 Å². The second-order valence-electron chi connectivity index (χ2n) is 3.78. The molecule has 0 unspecified atom stereocenters. The van der Waals surface area contributed by atoms with E-state index in [4.69, 9.17) is 20.2 Å². The van der Waals surface area contributed by atoms with Gasteiger partial charge in [0.05, 0.1) is 16.5 Å². The van der Waals surface area contributed by atoms with E-state index in [1.54, 1.807) is 19.2 Å². The Morgan fingerprint density at radius 3 is 2.25 bits per heavy atom. The number of hydrogen-bond donors (Lipinski definition) is 0. The molecule has 20 heavy (non-hydrogen) atoms.